The maximum absolute atomic E-state index is 12.7. The second kappa shape index (κ2) is 6.68. The minimum atomic E-state index is -0.850. The van der Waals surface area contributed by atoms with Crippen molar-refractivity contribution in [3.05, 3.63) is 23.8 Å². The van der Waals surface area contributed by atoms with Crippen LogP contribution in [0.3, 0.4) is 0 Å². The van der Waals surface area contributed by atoms with Crippen molar-refractivity contribution in [1.29, 1.82) is 0 Å². The lowest BCUT2D eigenvalue weighted by molar-refractivity contribution is -0.144. The van der Waals surface area contributed by atoms with Crippen molar-refractivity contribution < 1.29 is 24.2 Å². The van der Waals surface area contributed by atoms with E-state index in [1.807, 2.05) is 0 Å². The van der Waals surface area contributed by atoms with E-state index in [1.54, 1.807) is 30.0 Å². The van der Waals surface area contributed by atoms with E-state index in [2.05, 4.69) is 0 Å². The molecule has 1 amide bonds. The Kier molecular flexibility index (Phi) is 4.90. The highest BCUT2D eigenvalue weighted by Gasteiger charge is 2.35. The Bertz CT molecular complexity index is 572. The minimum Gasteiger partial charge on any atom is -0.493 e. The van der Waals surface area contributed by atoms with Crippen molar-refractivity contribution >= 4 is 11.9 Å². The van der Waals surface area contributed by atoms with Crippen LogP contribution < -0.4 is 9.47 Å². The molecule has 1 heterocycles. The number of hydrogen-bond donors (Lipinski definition) is 1. The average molecular weight is 307 g/mol. The summed E-state index contributed by atoms with van der Waals surface area (Å²) in [5, 5.41) is 9.25. The smallest absolute Gasteiger partial charge is 0.308 e. The zero-order chi connectivity index (χ0) is 16.3. The monoisotopic (exact) mass is 307 g/mol. The Morgan fingerprint density at radius 1 is 1.23 bits per heavy atom. The van der Waals surface area contributed by atoms with E-state index in [-0.39, 0.29) is 11.9 Å². The summed E-state index contributed by atoms with van der Waals surface area (Å²) in [6, 6.07) is 4.64. The molecule has 2 atom stereocenters. The molecule has 0 bridgehead atoms. The van der Waals surface area contributed by atoms with Crippen LogP contribution in [-0.4, -0.2) is 48.7 Å². The Labute approximate surface area is 129 Å². The highest BCUT2D eigenvalue weighted by Crippen LogP contribution is 2.30. The molecule has 0 spiro atoms. The first-order valence-corrected chi connectivity index (χ1v) is 7.25. The first-order chi connectivity index (χ1) is 10.5. The van der Waals surface area contributed by atoms with Crippen molar-refractivity contribution in [2.45, 2.75) is 25.8 Å². The Hall–Kier alpha value is -2.24. The molecule has 120 valence electrons. The predicted octanol–water partition coefficient (Wildman–Crippen LogP) is 2.03. The number of ether oxygens (including phenoxy) is 2. The van der Waals surface area contributed by atoms with Gasteiger partial charge in [0.1, 0.15) is 0 Å². The lowest BCUT2D eigenvalue weighted by Gasteiger charge is -2.37. The third-order valence-corrected chi connectivity index (χ3v) is 4.20. The fraction of sp³-hybridized carbons (Fsp3) is 0.500. The summed E-state index contributed by atoms with van der Waals surface area (Å²) in [6.45, 7) is 2.36. The second-order valence-electron chi connectivity index (χ2n) is 5.40. The molecule has 1 fully saturated rings. The fourth-order valence-corrected chi connectivity index (χ4v) is 2.89. The zero-order valence-corrected chi connectivity index (χ0v) is 13.0. The summed E-state index contributed by atoms with van der Waals surface area (Å²) in [6.07, 6.45) is 1.30. The van der Waals surface area contributed by atoms with Gasteiger partial charge in [0.2, 0.25) is 0 Å². The normalized spacial score (nSPS) is 21.3. The molecule has 1 aromatic rings. The van der Waals surface area contributed by atoms with Crippen LogP contribution in [0.1, 0.15) is 30.1 Å². The van der Waals surface area contributed by atoms with E-state index < -0.39 is 11.9 Å². The van der Waals surface area contributed by atoms with Gasteiger partial charge in [-0.2, -0.15) is 0 Å². The molecular weight excluding hydrogens is 286 g/mol. The first kappa shape index (κ1) is 16.1. The Balaban J connectivity index is 2.25. The number of aliphatic carboxylic acids is 1. The van der Waals surface area contributed by atoms with Gasteiger partial charge < -0.3 is 19.5 Å². The summed E-state index contributed by atoms with van der Waals surface area (Å²) in [5.41, 5.74) is 0.468. The number of carboxylic acids is 1. The third-order valence-electron chi connectivity index (χ3n) is 4.20. The van der Waals surface area contributed by atoms with E-state index in [0.717, 1.165) is 0 Å². The number of rotatable bonds is 4. The number of benzene rings is 1. The van der Waals surface area contributed by atoms with Gasteiger partial charge in [-0.15, -0.1) is 0 Å². The van der Waals surface area contributed by atoms with E-state index >= 15 is 0 Å². The van der Waals surface area contributed by atoms with Gasteiger partial charge in [-0.3, -0.25) is 9.59 Å². The van der Waals surface area contributed by atoms with E-state index in [9.17, 15) is 14.7 Å². The van der Waals surface area contributed by atoms with Gasteiger partial charge in [0.25, 0.3) is 5.91 Å². The second-order valence-corrected chi connectivity index (χ2v) is 5.40. The van der Waals surface area contributed by atoms with Crippen LogP contribution >= 0.6 is 0 Å². The SMILES string of the molecule is COc1ccc(C(=O)N2CCC[C@H](C(=O)O)[C@@H]2C)cc1OC. The lowest BCUT2D eigenvalue weighted by Crippen LogP contribution is -2.49. The summed E-state index contributed by atoms with van der Waals surface area (Å²) in [4.78, 5) is 25.6. The van der Waals surface area contributed by atoms with E-state index in [4.69, 9.17) is 9.47 Å². The molecule has 0 radical (unpaired) electrons. The van der Waals surface area contributed by atoms with Gasteiger partial charge in [0.15, 0.2) is 11.5 Å². The number of nitrogens with zero attached hydrogens (tertiary/aromatic N) is 1. The van der Waals surface area contributed by atoms with Crippen LogP contribution in [0.15, 0.2) is 18.2 Å². The highest BCUT2D eigenvalue weighted by atomic mass is 16.5. The number of methoxy groups -OCH3 is 2. The molecule has 6 nitrogen and oxygen atoms in total. The number of amides is 1. The molecule has 1 saturated heterocycles. The topological polar surface area (TPSA) is 76.1 Å². The molecule has 0 unspecified atom stereocenters. The average Bonchev–Trinajstić information content (AvgIpc) is 2.53. The summed E-state index contributed by atoms with van der Waals surface area (Å²) >= 11 is 0. The molecule has 0 aliphatic carbocycles. The highest BCUT2D eigenvalue weighted by molar-refractivity contribution is 5.95. The van der Waals surface area contributed by atoms with E-state index in [0.29, 0.717) is 36.4 Å². The predicted molar refractivity (Wildman–Crippen MR) is 80.4 cm³/mol. The number of carbonyl (C=O) groups excluding carboxylic acids is 1. The van der Waals surface area contributed by atoms with Crippen LogP contribution in [0, 0.1) is 5.92 Å². The molecule has 1 aliphatic heterocycles. The maximum Gasteiger partial charge on any atom is 0.308 e. The van der Waals surface area contributed by atoms with Crippen molar-refractivity contribution in [2.75, 3.05) is 20.8 Å². The quantitative estimate of drug-likeness (QED) is 0.921. The molecule has 1 N–H and O–H groups in total. The van der Waals surface area contributed by atoms with Gasteiger partial charge in [-0.05, 0) is 38.0 Å². The third kappa shape index (κ3) is 3.00. The summed E-state index contributed by atoms with van der Waals surface area (Å²) in [7, 11) is 3.04. The van der Waals surface area contributed by atoms with Crippen LogP contribution in [-0.2, 0) is 4.79 Å². The molecule has 6 heteroatoms. The van der Waals surface area contributed by atoms with Crippen molar-refractivity contribution in [3.8, 4) is 11.5 Å². The largest absolute Gasteiger partial charge is 0.493 e. The van der Waals surface area contributed by atoms with Crippen LogP contribution in [0.5, 0.6) is 11.5 Å². The zero-order valence-electron chi connectivity index (χ0n) is 13.0. The summed E-state index contributed by atoms with van der Waals surface area (Å²) in [5.74, 6) is -0.517. The summed E-state index contributed by atoms with van der Waals surface area (Å²) < 4.78 is 10.4. The minimum absolute atomic E-state index is 0.181. The molecule has 0 aromatic heterocycles. The first-order valence-electron chi connectivity index (χ1n) is 7.25. The number of piperidine rings is 1. The lowest BCUT2D eigenvalue weighted by atomic mass is 9.90. The van der Waals surface area contributed by atoms with Crippen LogP contribution in [0.4, 0.5) is 0 Å². The van der Waals surface area contributed by atoms with Gasteiger partial charge in [-0.1, -0.05) is 0 Å². The van der Waals surface area contributed by atoms with Crippen LogP contribution in [0.2, 0.25) is 0 Å². The molecule has 2 rings (SSSR count). The standard InChI is InChI=1S/C16H21NO5/c1-10-12(16(19)20)5-4-8-17(10)15(18)11-6-7-13(21-2)14(9-11)22-3/h6-7,9-10,12H,4-5,8H2,1-3H3,(H,19,20)/t10-,12-/m0/s1. The molecule has 1 aliphatic rings. The van der Waals surface area contributed by atoms with Crippen molar-refractivity contribution in [2.24, 2.45) is 5.92 Å². The maximum atomic E-state index is 12.7. The Morgan fingerprint density at radius 2 is 1.91 bits per heavy atom. The van der Waals surface area contributed by atoms with Gasteiger partial charge in [0.05, 0.1) is 20.1 Å². The fourth-order valence-electron chi connectivity index (χ4n) is 2.89. The number of carboxylic acid groups (broad SMARTS) is 1. The Morgan fingerprint density at radius 3 is 2.50 bits per heavy atom. The van der Waals surface area contributed by atoms with E-state index in [1.165, 1.54) is 14.2 Å². The van der Waals surface area contributed by atoms with Gasteiger partial charge in [0, 0.05) is 18.2 Å². The van der Waals surface area contributed by atoms with Crippen LogP contribution in [0.25, 0.3) is 0 Å². The number of carbonyl (C=O) groups is 2. The van der Waals surface area contributed by atoms with Gasteiger partial charge in [-0.25, -0.2) is 0 Å². The molecule has 0 saturated carbocycles. The number of hydrogen-bond acceptors (Lipinski definition) is 4. The van der Waals surface area contributed by atoms with Crippen molar-refractivity contribution in [1.82, 2.24) is 4.90 Å². The number of likely N-dealkylation sites (tertiary alicyclic amines) is 1. The molecule has 22 heavy (non-hydrogen) atoms. The molecule has 1 aromatic carbocycles. The molecular formula is C16H21NO5. The van der Waals surface area contributed by atoms with Gasteiger partial charge >= 0.3 is 5.97 Å². The van der Waals surface area contributed by atoms with Crippen molar-refractivity contribution in [3.63, 3.8) is 0 Å².